The van der Waals surface area contributed by atoms with E-state index >= 15 is 0 Å². The summed E-state index contributed by atoms with van der Waals surface area (Å²) < 4.78 is 5.55. The molecule has 152 valence electrons. The van der Waals surface area contributed by atoms with Crippen molar-refractivity contribution >= 4 is 17.7 Å². The van der Waals surface area contributed by atoms with E-state index in [0.717, 1.165) is 24.2 Å². The lowest BCUT2D eigenvalue weighted by Gasteiger charge is -2.29. The molecule has 1 unspecified atom stereocenters. The van der Waals surface area contributed by atoms with Gasteiger partial charge in [0.15, 0.2) is 0 Å². The number of carbonyl (C=O) groups excluding carboxylic acids is 3. The Morgan fingerprint density at radius 2 is 2.11 bits per heavy atom. The molecule has 1 fully saturated rings. The topological polar surface area (TPSA) is 91.0 Å². The van der Waals surface area contributed by atoms with E-state index in [9.17, 15) is 14.4 Å². The molecule has 2 heterocycles. The van der Waals surface area contributed by atoms with Gasteiger partial charge in [-0.15, -0.1) is 0 Å². The molecule has 8 nitrogen and oxygen atoms in total. The maximum atomic E-state index is 12.9. The van der Waals surface area contributed by atoms with Crippen LogP contribution in [0, 0.1) is 0 Å². The van der Waals surface area contributed by atoms with Gasteiger partial charge < -0.3 is 15.0 Å². The molecule has 3 amide bonds. The van der Waals surface area contributed by atoms with Crippen molar-refractivity contribution in [3.05, 3.63) is 34.9 Å². The summed E-state index contributed by atoms with van der Waals surface area (Å²) in [4.78, 5) is 40.1. The van der Waals surface area contributed by atoms with Crippen molar-refractivity contribution in [2.75, 3.05) is 40.4 Å². The Bertz CT molecular complexity index is 752. The zero-order valence-electron chi connectivity index (χ0n) is 16.5. The van der Waals surface area contributed by atoms with E-state index in [1.165, 1.54) is 0 Å². The molecule has 1 aromatic carbocycles. The lowest BCUT2D eigenvalue weighted by Crippen LogP contribution is -2.52. The van der Waals surface area contributed by atoms with Crippen LogP contribution in [0.1, 0.15) is 34.3 Å². The predicted molar refractivity (Wildman–Crippen MR) is 104 cm³/mol. The number of hydrogen-bond donors (Lipinski definition) is 2. The van der Waals surface area contributed by atoms with Crippen LogP contribution >= 0.6 is 0 Å². The maximum absolute atomic E-state index is 12.9. The van der Waals surface area contributed by atoms with Crippen molar-refractivity contribution in [1.82, 2.24) is 20.4 Å². The second-order valence-electron chi connectivity index (χ2n) is 7.35. The molecule has 0 bridgehead atoms. The second kappa shape index (κ2) is 9.27. The summed E-state index contributed by atoms with van der Waals surface area (Å²) in [6, 6.07) is 5.34. The monoisotopic (exact) mass is 388 g/mol. The van der Waals surface area contributed by atoms with Gasteiger partial charge in [0.1, 0.15) is 6.04 Å². The van der Waals surface area contributed by atoms with Crippen molar-refractivity contribution in [1.29, 1.82) is 0 Å². The van der Waals surface area contributed by atoms with Crippen LogP contribution in [0.25, 0.3) is 0 Å². The number of benzene rings is 1. The highest BCUT2D eigenvalue weighted by Gasteiger charge is 2.39. The molecule has 0 aromatic heterocycles. The van der Waals surface area contributed by atoms with Crippen LogP contribution in [-0.4, -0.2) is 74.0 Å². The van der Waals surface area contributed by atoms with Gasteiger partial charge in [-0.1, -0.05) is 12.1 Å². The molecule has 0 spiro atoms. The normalized spacial score (nSPS) is 19.3. The van der Waals surface area contributed by atoms with E-state index in [4.69, 9.17) is 4.74 Å². The summed E-state index contributed by atoms with van der Waals surface area (Å²) in [5.41, 5.74) is 2.63. The quantitative estimate of drug-likeness (QED) is 0.461. The molecular formula is C20H28N4O4. The van der Waals surface area contributed by atoms with Gasteiger partial charge in [0.05, 0.1) is 13.2 Å². The molecule has 1 aromatic rings. The van der Waals surface area contributed by atoms with E-state index in [0.29, 0.717) is 38.3 Å². The number of fused-ring (bicyclic) bond motifs is 1. The predicted octanol–water partition coefficient (Wildman–Crippen LogP) is 0.115. The van der Waals surface area contributed by atoms with Crippen molar-refractivity contribution in [3.8, 4) is 0 Å². The number of imide groups is 1. The number of likely N-dealkylation sites (N-methyl/N-ethyl adjacent to an activating group) is 2. The molecule has 1 atom stereocenters. The van der Waals surface area contributed by atoms with Crippen LogP contribution in [0.5, 0.6) is 0 Å². The molecule has 3 rings (SSSR count). The standard InChI is InChI=1S/C20H28N4O4/c1-21-7-9-28-10-8-23(2)12-14-3-4-15-13-24(20(27)16(15)11-14)17-5-6-18(25)22-19(17)26/h3-4,11,17,21H,5-10,12-13H2,1-2H3,(H,22,25,26). The van der Waals surface area contributed by atoms with Gasteiger partial charge in [0.2, 0.25) is 11.8 Å². The largest absolute Gasteiger partial charge is 0.379 e. The van der Waals surface area contributed by atoms with E-state index in [2.05, 4.69) is 15.5 Å². The van der Waals surface area contributed by atoms with Crippen molar-refractivity contribution < 1.29 is 19.1 Å². The first-order chi connectivity index (χ1) is 13.5. The molecule has 2 aliphatic heterocycles. The van der Waals surface area contributed by atoms with Gasteiger partial charge in [-0.3, -0.25) is 24.6 Å². The maximum Gasteiger partial charge on any atom is 0.255 e. The lowest BCUT2D eigenvalue weighted by molar-refractivity contribution is -0.136. The van der Waals surface area contributed by atoms with E-state index in [-0.39, 0.29) is 24.1 Å². The first kappa shape index (κ1) is 20.4. The number of ether oxygens (including phenoxy) is 1. The van der Waals surface area contributed by atoms with E-state index in [1.54, 1.807) is 4.90 Å². The van der Waals surface area contributed by atoms with Crippen LogP contribution in [0.3, 0.4) is 0 Å². The molecule has 2 N–H and O–H groups in total. The number of rotatable bonds is 9. The van der Waals surface area contributed by atoms with Crippen LogP contribution in [-0.2, 0) is 27.4 Å². The Hall–Kier alpha value is -2.29. The van der Waals surface area contributed by atoms with Crippen molar-refractivity contribution in [2.24, 2.45) is 0 Å². The van der Waals surface area contributed by atoms with Crippen LogP contribution in [0.4, 0.5) is 0 Å². The Morgan fingerprint density at radius 1 is 1.29 bits per heavy atom. The fourth-order valence-electron chi connectivity index (χ4n) is 3.59. The molecule has 0 saturated carbocycles. The smallest absolute Gasteiger partial charge is 0.255 e. The van der Waals surface area contributed by atoms with E-state index in [1.807, 2.05) is 32.3 Å². The Kier molecular flexibility index (Phi) is 6.77. The third-order valence-electron chi connectivity index (χ3n) is 5.16. The van der Waals surface area contributed by atoms with Crippen molar-refractivity contribution in [3.63, 3.8) is 0 Å². The fourth-order valence-corrected chi connectivity index (χ4v) is 3.59. The SMILES string of the molecule is CNCCOCCN(C)Cc1ccc2c(c1)C(=O)N(C1CCC(=O)NC1=O)C2. The molecule has 8 heteroatoms. The van der Waals surface area contributed by atoms with E-state index < -0.39 is 6.04 Å². The van der Waals surface area contributed by atoms with Gasteiger partial charge in [-0.05, 0) is 37.7 Å². The summed E-state index contributed by atoms with van der Waals surface area (Å²) in [7, 11) is 3.91. The number of piperidine rings is 1. The van der Waals surface area contributed by atoms with Gasteiger partial charge in [-0.2, -0.15) is 0 Å². The molecule has 0 aliphatic carbocycles. The highest BCUT2D eigenvalue weighted by atomic mass is 16.5. The first-order valence-electron chi connectivity index (χ1n) is 9.67. The molecule has 2 aliphatic rings. The number of nitrogens with zero attached hydrogens (tertiary/aromatic N) is 2. The van der Waals surface area contributed by atoms with Crippen LogP contribution < -0.4 is 10.6 Å². The average molecular weight is 388 g/mol. The minimum absolute atomic E-state index is 0.135. The van der Waals surface area contributed by atoms with Gasteiger partial charge in [0, 0.05) is 38.2 Å². The third-order valence-corrected chi connectivity index (χ3v) is 5.16. The fraction of sp³-hybridized carbons (Fsp3) is 0.550. The van der Waals surface area contributed by atoms with Crippen LogP contribution in [0.2, 0.25) is 0 Å². The number of hydrogen-bond acceptors (Lipinski definition) is 6. The second-order valence-corrected chi connectivity index (χ2v) is 7.35. The van der Waals surface area contributed by atoms with Crippen LogP contribution in [0.15, 0.2) is 18.2 Å². The van der Waals surface area contributed by atoms with Crippen molar-refractivity contribution in [2.45, 2.75) is 32.0 Å². The molecule has 1 saturated heterocycles. The number of amides is 3. The van der Waals surface area contributed by atoms with Gasteiger partial charge in [0.25, 0.3) is 5.91 Å². The zero-order chi connectivity index (χ0) is 20.1. The minimum atomic E-state index is -0.571. The zero-order valence-corrected chi connectivity index (χ0v) is 16.5. The Labute approximate surface area is 165 Å². The summed E-state index contributed by atoms with van der Waals surface area (Å²) >= 11 is 0. The number of nitrogens with one attached hydrogen (secondary N) is 2. The minimum Gasteiger partial charge on any atom is -0.379 e. The Morgan fingerprint density at radius 3 is 2.86 bits per heavy atom. The summed E-state index contributed by atoms with van der Waals surface area (Å²) in [6.07, 6.45) is 0.649. The van der Waals surface area contributed by atoms with Gasteiger partial charge >= 0.3 is 0 Å². The lowest BCUT2D eigenvalue weighted by atomic mass is 10.0. The average Bonchev–Trinajstić information content (AvgIpc) is 2.98. The summed E-state index contributed by atoms with van der Waals surface area (Å²) in [6.45, 7) is 4.11. The first-order valence-corrected chi connectivity index (χ1v) is 9.67. The molecule has 0 radical (unpaired) electrons. The molecular weight excluding hydrogens is 360 g/mol. The third kappa shape index (κ3) is 4.76. The molecule has 28 heavy (non-hydrogen) atoms. The Balaban J connectivity index is 1.58. The van der Waals surface area contributed by atoms with Gasteiger partial charge in [-0.25, -0.2) is 0 Å². The highest BCUT2D eigenvalue weighted by molar-refractivity contribution is 6.05. The number of carbonyl (C=O) groups is 3. The summed E-state index contributed by atoms with van der Waals surface area (Å²) in [5, 5.41) is 5.37. The highest BCUT2D eigenvalue weighted by Crippen LogP contribution is 2.28. The summed E-state index contributed by atoms with van der Waals surface area (Å²) in [5.74, 6) is -0.786.